The SMILES string of the molecule is CS(=O)Cc1cccc(-c2ccc(-c3cccs3)cc2)c1. The highest BCUT2D eigenvalue weighted by molar-refractivity contribution is 7.83. The van der Waals surface area contributed by atoms with Gasteiger partial charge in [-0.1, -0.05) is 54.6 Å². The molecule has 0 bridgehead atoms. The minimum absolute atomic E-state index is 0.612. The van der Waals surface area contributed by atoms with Gasteiger partial charge in [-0.15, -0.1) is 11.3 Å². The van der Waals surface area contributed by atoms with Gasteiger partial charge in [0, 0.05) is 27.7 Å². The van der Waals surface area contributed by atoms with Gasteiger partial charge in [0.2, 0.25) is 0 Å². The molecule has 0 aliphatic carbocycles. The second-order valence-corrected chi connectivity index (χ2v) is 7.36. The second-order valence-electron chi connectivity index (χ2n) is 4.97. The average Bonchev–Trinajstić information content (AvgIpc) is 3.01. The molecule has 1 atom stereocenters. The van der Waals surface area contributed by atoms with Crippen LogP contribution in [0.3, 0.4) is 0 Å². The van der Waals surface area contributed by atoms with E-state index in [1.807, 2.05) is 12.1 Å². The average molecular weight is 312 g/mol. The number of benzene rings is 2. The molecule has 106 valence electrons. The summed E-state index contributed by atoms with van der Waals surface area (Å²) in [6, 6.07) is 21.1. The van der Waals surface area contributed by atoms with Gasteiger partial charge in [0.25, 0.3) is 0 Å². The molecule has 3 heteroatoms. The lowest BCUT2D eigenvalue weighted by molar-refractivity contribution is 0.686. The molecule has 0 amide bonds. The third-order valence-electron chi connectivity index (χ3n) is 3.32. The van der Waals surface area contributed by atoms with Crippen molar-refractivity contribution in [3.05, 3.63) is 71.6 Å². The molecule has 1 aromatic heterocycles. The van der Waals surface area contributed by atoms with Crippen molar-refractivity contribution in [2.24, 2.45) is 0 Å². The predicted molar refractivity (Wildman–Crippen MR) is 93.0 cm³/mol. The fourth-order valence-electron chi connectivity index (χ4n) is 2.35. The van der Waals surface area contributed by atoms with Gasteiger partial charge in [-0.25, -0.2) is 0 Å². The Balaban J connectivity index is 1.88. The fourth-order valence-corrected chi connectivity index (χ4v) is 3.73. The summed E-state index contributed by atoms with van der Waals surface area (Å²) in [5.41, 5.74) is 4.74. The summed E-state index contributed by atoms with van der Waals surface area (Å²) < 4.78 is 11.3. The highest BCUT2D eigenvalue weighted by Gasteiger charge is 2.03. The first-order valence-corrected chi connectivity index (χ1v) is 9.36. The summed E-state index contributed by atoms with van der Waals surface area (Å²) in [7, 11) is -0.804. The molecular weight excluding hydrogens is 296 g/mol. The van der Waals surface area contributed by atoms with Crippen molar-refractivity contribution in [1.29, 1.82) is 0 Å². The van der Waals surface area contributed by atoms with Crippen molar-refractivity contribution in [3.63, 3.8) is 0 Å². The molecule has 1 unspecified atom stereocenters. The zero-order valence-electron chi connectivity index (χ0n) is 11.8. The Labute approximate surface area is 131 Å². The lowest BCUT2D eigenvalue weighted by Gasteiger charge is -2.06. The van der Waals surface area contributed by atoms with Crippen LogP contribution >= 0.6 is 11.3 Å². The van der Waals surface area contributed by atoms with E-state index in [1.165, 1.54) is 21.6 Å². The summed E-state index contributed by atoms with van der Waals surface area (Å²) in [5, 5.41) is 2.09. The topological polar surface area (TPSA) is 17.1 Å². The fraction of sp³-hybridized carbons (Fsp3) is 0.111. The molecule has 0 saturated carbocycles. The monoisotopic (exact) mass is 312 g/mol. The maximum absolute atomic E-state index is 11.3. The third-order valence-corrected chi connectivity index (χ3v) is 4.98. The Hall–Kier alpha value is -1.71. The second kappa shape index (κ2) is 6.37. The molecule has 0 radical (unpaired) electrons. The van der Waals surface area contributed by atoms with E-state index in [9.17, 15) is 4.21 Å². The Kier molecular flexibility index (Phi) is 4.32. The van der Waals surface area contributed by atoms with Gasteiger partial charge in [-0.05, 0) is 33.7 Å². The van der Waals surface area contributed by atoms with Gasteiger partial charge in [0.1, 0.15) is 0 Å². The molecule has 3 aromatic rings. The minimum Gasteiger partial charge on any atom is -0.260 e. The van der Waals surface area contributed by atoms with Crippen LogP contribution in [0, 0.1) is 0 Å². The molecule has 0 N–H and O–H groups in total. The van der Waals surface area contributed by atoms with Gasteiger partial charge < -0.3 is 0 Å². The summed E-state index contributed by atoms with van der Waals surface area (Å²) in [6.45, 7) is 0. The minimum atomic E-state index is -0.804. The normalized spacial score (nSPS) is 12.2. The predicted octanol–water partition coefficient (Wildman–Crippen LogP) is 4.96. The van der Waals surface area contributed by atoms with Crippen LogP contribution in [0.15, 0.2) is 66.0 Å². The molecule has 0 spiro atoms. The van der Waals surface area contributed by atoms with Gasteiger partial charge in [-0.2, -0.15) is 0 Å². The van der Waals surface area contributed by atoms with Crippen molar-refractivity contribution >= 4 is 22.1 Å². The first-order valence-electron chi connectivity index (χ1n) is 6.76. The van der Waals surface area contributed by atoms with E-state index in [0.717, 1.165) is 5.56 Å². The van der Waals surface area contributed by atoms with Crippen LogP contribution in [-0.2, 0) is 16.6 Å². The molecule has 0 saturated heterocycles. The standard InChI is InChI=1S/C18H16OS2/c1-21(19)13-14-4-2-5-17(12-14)15-7-9-16(10-8-15)18-6-3-11-20-18/h2-12H,13H2,1H3. The molecule has 1 nitrogen and oxygen atoms in total. The van der Waals surface area contributed by atoms with Crippen LogP contribution in [0.2, 0.25) is 0 Å². The first kappa shape index (κ1) is 14.2. The van der Waals surface area contributed by atoms with Crippen LogP contribution in [0.4, 0.5) is 0 Å². The highest BCUT2D eigenvalue weighted by Crippen LogP contribution is 2.28. The molecule has 0 aliphatic rings. The Morgan fingerprint density at radius 2 is 1.67 bits per heavy atom. The summed E-state index contributed by atoms with van der Waals surface area (Å²) >= 11 is 1.75. The lowest BCUT2D eigenvalue weighted by Crippen LogP contribution is -1.92. The molecule has 0 fully saturated rings. The van der Waals surface area contributed by atoms with Crippen LogP contribution in [-0.4, -0.2) is 10.5 Å². The van der Waals surface area contributed by atoms with Crippen molar-refractivity contribution in [1.82, 2.24) is 0 Å². The number of hydrogen-bond donors (Lipinski definition) is 0. The Morgan fingerprint density at radius 1 is 0.905 bits per heavy atom. The summed E-state index contributed by atoms with van der Waals surface area (Å²) in [5.74, 6) is 0.612. The largest absolute Gasteiger partial charge is 0.260 e. The van der Waals surface area contributed by atoms with E-state index in [4.69, 9.17) is 0 Å². The molecule has 3 rings (SSSR count). The van der Waals surface area contributed by atoms with E-state index >= 15 is 0 Å². The van der Waals surface area contributed by atoms with Crippen LogP contribution in [0.1, 0.15) is 5.56 Å². The summed E-state index contributed by atoms with van der Waals surface area (Å²) in [6.07, 6.45) is 1.74. The van der Waals surface area contributed by atoms with E-state index in [2.05, 4.69) is 53.9 Å². The van der Waals surface area contributed by atoms with Gasteiger partial charge in [0.15, 0.2) is 0 Å². The maximum Gasteiger partial charge on any atom is 0.0483 e. The summed E-state index contributed by atoms with van der Waals surface area (Å²) in [4.78, 5) is 1.29. The zero-order valence-corrected chi connectivity index (χ0v) is 13.4. The van der Waals surface area contributed by atoms with Crippen molar-refractivity contribution in [2.45, 2.75) is 5.75 Å². The Bertz CT molecular complexity index is 743. The van der Waals surface area contributed by atoms with Gasteiger partial charge in [-0.3, -0.25) is 4.21 Å². The van der Waals surface area contributed by atoms with Gasteiger partial charge >= 0.3 is 0 Å². The van der Waals surface area contributed by atoms with E-state index in [0.29, 0.717) is 5.75 Å². The number of thiophene rings is 1. The zero-order chi connectivity index (χ0) is 14.7. The van der Waals surface area contributed by atoms with Crippen molar-refractivity contribution in [2.75, 3.05) is 6.26 Å². The molecule has 0 aliphatic heterocycles. The van der Waals surface area contributed by atoms with E-state index < -0.39 is 10.8 Å². The van der Waals surface area contributed by atoms with Crippen LogP contribution in [0.25, 0.3) is 21.6 Å². The van der Waals surface area contributed by atoms with Crippen LogP contribution < -0.4 is 0 Å². The molecular formula is C18H16OS2. The molecule has 1 heterocycles. The first-order chi connectivity index (χ1) is 10.2. The van der Waals surface area contributed by atoms with E-state index in [-0.39, 0.29) is 0 Å². The quantitative estimate of drug-likeness (QED) is 0.665. The van der Waals surface area contributed by atoms with Gasteiger partial charge in [0.05, 0.1) is 0 Å². The highest BCUT2D eigenvalue weighted by atomic mass is 32.2. The smallest absolute Gasteiger partial charge is 0.0483 e. The lowest BCUT2D eigenvalue weighted by atomic mass is 10.0. The van der Waals surface area contributed by atoms with Crippen molar-refractivity contribution < 1.29 is 4.21 Å². The van der Waals surface area contributed by atoms with Crippen molar-refractivity contribution in [3.8, 4) is 21.6 Å². The number of hydrogen-bond acceptors (Lipinski definition) is 2. The third kappa shape index (κ3) is 3.49. The maximum atomic E-state index is 11.3. The molecule has 2 aromatic carbocycles. The molecule has 21 heavy (non-hydrogen) atoms. The number of rotatable bonds is 4. The Morgan fingerprint density at radius 3 is 2.33 bits per heavy atom. The van der Waals surface area contributed by atoms with Crippen LogP contribution in [0.5, 0.6) is 0 Å². The van der Waals surface area contributed by atoms with E-state index in [1.54, 1.807) is 17.6 Å².